The van der Waals surface area contributed by atoms with Crippen molar-refractivity contribution < 1.29 is 9.47 Å². The second-order valence-electron chi connectivity index (χ2n) is 7.31. The van der Waals surface area contributed by atoms with E-state index in [9.17, 15) is 0 Å². The molecule has 23 heavy (non-hydrogen) atoms. The van der Waals surface area contributed by atoms with Crippen molar-refractivity contribution >= 4 is 0 Å². The van der Waals surface area contributed by atoms with Crippen LogP contribution in [-0.4, -0.2) is 49.5 Å². The first-order chi connectivity index (χ1) is 11.1. The molecule has 2 aromatic heterocycles. The lowest BCUT2D eigenvalue weighted by Crippen LogP contribution is -2.39. The highest BCUT2D eigenvalue weighted by atomic mass is 16.7. The number of hydrogen-bond acceptors (Lipinski definition) is 6. The Morgan fingerprint density at radius 1 is 1.00 bits per heavy atom. The lowest BCUT2D eigenvalue weighted by atomic mass is 9.96. The van der Waals surface area contributed by atoms with Gasteiger partial charge in [0.25, 0.3) is 0 Å². The summed E-state index contributed by atoms with van der Waals surface area (Å²) in [5.74, 6) is 0.769. The van der Waals surface area contributed by atoms with Crippen LogP contribution in [0.25, 0.3) is 11.4 Å². The normalized spacial score (nSPS) is 21.7. The van der Waals surface area contributed by atoms with Crippen molar-refractivity contribution in [1.82, 2.24) is 30.0 Å². The third kappa shape index (κ3) is 3.59. The van der Waals surface area contributed by atoms with Gasteiger partial charge in [0.05, 0.1) is 32.2 Å². The minimum Gasteiger partial charge on any atom is -0.350 e. The molecule has 1 aliphatic heterocycles. The summed E-state index contributed by atoms with van der Waals surface area (Å²) in [5.41, 5.74) is 1.55. The van der Waals surface area contributed by atoms with Crippen LogP contribution in [0.15, 0.2) is 12.4 Å². The first-order valence-corrected chi connectivity index (χ1v) is 8.11. The Morgan fingerprint density at radius 2 is 1.57 bits per heavy atom. The van der Waals surface area contributed by atoms with E-state index in [1.165, 1.54) is 12.8 Å². The highest BCUT2D eigenvalue weighted by molar-refractivity contribution is 5.49. The zero-order valence-electron chi connectivity index (χ0n) is 13.6. The minimum atomic E-state index is -0.275. The third-order valence-corrected chi connectivity index (χ3v) is 4.14. The Hall–Kier alpha value is -1.80. The average molecular weight is 318 g/mol. The summed E-state index contributed by atoms with van der Waals surface area (Å²) in [6.07, 6.45) is 6.11. The van der Waals surface area contributed by atoms with Gasteiger partial charge in [-0.1, -0.05) is 24.3 Å². The summed E-state index contributed by atoms with van der Waals surface area (Å²) < 4.78 is 15.1. The molecule has 0 radical (unpaired) electrons. The summed E-state index contributed by atoms with van der Waals surface area (Å²) in [7, 11) is 0. The molecule has 0 spiro atoms. The van der Waals surface area contributed by atoms with E-state index in [1.54, 1.807) is 4.68 Å². The summed E-state index contributed by atoms with van der Waals surface area (Å²) in [6, 6.07) is 0. The maximum absolute atomic E-state index is 5.72. The molecule has 4 rings (SSSR count). The molecule has 0 atom stereocenters. The van der Waals surface area contributed by atoms with Crippen molar-refractivity contribution in [3.05, 3.63) is 12.4 Å². The molecule has 124 valence electrons. The van der Waals surface area contributed by atoms with Crippen molar-refractivity contribution in [2.75, 3.05) is 13.2 Å². The van der Waals surface area contributed by atoms with E-state index in [1.807, 2.05) is 17.1 Å². The van der Waals surface area contributed by atoms with Crippen LogP contribution in [0.2, 0.25) is 0 Å². The van der Waals surface area contributed by atoms with E-state index in [4.69, 9.17) is 9.47 Å². The van der Waals surface area contributed by atoms with E-state index in [0.717, 1.165) is 23.9 Å². The van der Waals surface area contributed by atoms with Crippen LogP contribution in [0, 0.1) is 11.3 Å². The first kappa shape index (κ1) is 14.8. The van der Waals surface area contributed by atoms with Gasteiger partial charge < -0.3 is 9.47 Å². The van der Waals surface area contributed by atoms with Gasteiger partial charge in [0.1, 0.15) is 11.4 Å². The predicted molar refractivity (Wildman–Crippen MR) is 81.2 cm³/mol. The van der Waals surface area contributed by atoms with Crippen LogP contribution in [0.1, 0.15) is 26.7 Å². The molecule has 2 fully saturated rings. The van der Waals surface area contributed by atoms with Gasteiger partial charge in [-0.25, -0.2) is 4.68 Å². The summed E-state index contributed by atoms with van der Waals surface area (Å²) >= 11 is 0. The van der Waals surface area contributed by atoms with E-state index < -0.39 is 0 Å². The number of rotatable bonds is 5. The molecule has 2 aliphatic rings. The van der Waals surface area contributed by atoms with Crippen molar-refractivity contribution in [3.8, 4) is 11.4 Å². The quantitative estimate of drug-likeness (QED) is 0.828. The van der Waals surface area contributed by atoms with E-state index in [0.29, 0.717) is 19.8 Å². The number of nitrogens with zero attached hydrogens (tertiary/aromatic N) is 6. The van der Waals surface area contributed by atoms with Crippen LogP contribution in [0.5, 0.6) is 0 Å². The van der Waals surface area contributed by atoms with Gasteiger partial charge in [-0.15, -0.1) is 10.2 Å². The van der Waals surface area contributed by atoms with E-state index in [2.05, 4.69) is 34.5 Å². The van der Waals surface area contributed by atoms with Gasteiger partial charge in [0.15, 0.2) is 6.29 Å². The molecule has 0 N–H and O–H groups in total. The highest BCUT2D eigenvalue weighted by Gasteiger charge is 2.28. The fourth-order valence-electron chi connectivity index (χ4n) is 2.56. The van der Waals surface area contributed by atoms with E-state index >= 15 is 0 Å². The molecular weight excluding hydrogens is 296 g/mol. The monoisotopic (exact) mass is 318 g/mol. The van der Waals surface area contributed by atoms with Crippen LogP contribution < -0.4 is 0 Å². The molecule has 0 bridgehead atoms. The molecule has 8 heteroatoms. The topological polar surface area (TPSA) is 79.9 Å². The van der Waals surface area contributed by atoms with Crippen molar-refractivity contribution in [2.24, 2.45) is 11.3 Å². The predicted octanol–water partition coefficient (Wildman–Crippen LogP) is 1.35. The maximum Gasteiger partial charge on any atom is 0.177 e. The number of hydrogen-bond donors (Lipinski definition) is 0. The van der Waals surface area contributed by atoms with Gasteiger partial charge in [-0.05, 0) is 18.8 Å². The van der Waals surface area contributed by atoms with Crippen molar-refractivity contribution in [3.63, 3.8) is 0 Å². The van der Waals surface area contributed by atoms with Gasteiger partial charge in [-0.2, -0.15) is 0 Å². The van der Waals surface area contributed by atoms with Crippen molar-refractivity contribution in [2.45, 2.75) is 46.1 Å². The third-order valence-electron chi connectivity index (χ3n) is 4.14. The molecule has 2 aromatic rings. The molecule has 0 aromatic carbocycles. The molecule has 0 unspecified atom stereocenters. The van der Waals surface area contributed by atoms with Gasteiger partial charge in [-0.3, -0.25) is 4.68 Å². The highest BCUT2D eigenvalue weighted by Crippen LogP contribution is 2.30. The van der Waals surface area contributed by atoms with Crippen LogP contribution in [-0.2, 0) is 22.6 Å². The summed E-state index contributed by atoms with van der Waals surface area (Å²) in [4.78, 5) is 0. The largest absolute Gasteiger partial charge is 0.350 e. The summed E-state index contributed by atoms with van der Waals surface area (Å²) in [6.45, 7) is 7.10. The van der Waals surface area contributed by atoms with E-state index in [-0.39, 0.29) is 11.7 Å². The van der Waals surface area contributed by atoms with Gasteiger partial charge >= 0.3 is 0 Å². The van der Waals surface area contributed by atoms with Crippen LogP contribution in [0.3, 0.4) is 0 Å². The zero-order valence-corrected chi connectivity index (χ0v) is 13.6. The van der Waals surface area contributed by atoms with Crippen molar-refractivity contribution in [1.29, 1.82) is 0 Å². The standard InChI is InChI=1S/C15H22N6O2/c1-15(2)9-22-14(23-10-15)8-21-7-13(17-19-21)12-6-20(18-16-12)5-11-3-4-11/h6-7,11,14H,3-5,8-10H2,1-2H3. The lowest BCUT2D eigenvalue weighted by molar-refractivity contribution is -0.227. The second kappa shape index (κ2) is 5.68. The van der Waals surface area contributed by atoms with Gasteiger partial charge in [0, 0.05) is 12.0 Å². The first-order valence-electron chi connectivity index (χ1n) is 8.11. The Kier molecular flexibility index (Phi) is 3.65. The smallest absolute Gasteiger partial charge is 0.177 e. The Labute approximate surface area is 134 Å². The molecule has 1 saturated heterocycles. The maximum atomic E-state index is 5.72. The number of aromatic nitrogens is 6. The Morgan fingerprint density at radius 3 is 2.13 bits per heavy atom. The Balaban J connectivity index is 1.37. The molecule has 8 nitrogen and oxygen atoms in total. The molecule has 0 amide bonds. The molecule has 1 saturated carbocycles. The van der Waals surface area contributed by atoms with Gasteiger partial charge in [0.2, 0.25) is 0 Å². The second-order valence-corrected chi connectivity index (χ2v) is 7.31. The number of ether oxygens (including phenoxy) is 2. The molecule has 3 heterocycles. The lowest BCUT2D eigenvalue weighted by Gasteiger charge is -2.34. The fraction of sp³-hybridized carbons (Fsp3) is 0.733. The Bertz CT molecular complexity index is 665. The summed E-state index contributed by atoms with van der Waals surface area (Å²) in [5, 5.41) is 16.6. The van der Waals surface area contributed by atoms with Crippen LogP contribution >= 0.6 is 0 Å². The fourth-order valence-corrected chi connectivity index (χ4v) is 2.56. The zero-order chi connectivity index (χ0) is 15.9. The average Bonchev–Trinajstić information content (AvgIpc) is 3.01. The van der Waals surface area contributed by atoms with Crippen LogP contribution in [0.4, 0.5) is 0 Å². The molecular formula is C15H22N6O2. The molecule has 1 aliphatic carbocycles. The SMILES string of the molecule is CC1(C)COC(Cn2cc(-c3cn(CC4CC4)nn3)nn2)OC1. The minimum absolute atomic E-state index is 0.0735.